The molecule has 0 fully saturated rings. The van der Waals surface area contributed by atoms with E-state index in [1.807, 2.05) is 30.3 Å². The number of hydrogen-bond donors (Lipinski definition) is 1. The first-order valence-electron chi connectivity index (χ1n) is 5.79. The Kier molecular flexibility index (Phi) is 3.81. The minimum Gasteiger partial charge on any atom is -0.349 e. The molecule has 4 nitrogen and oxygen atoms in total. The monoisotopic (exact) mass is 265 g/mol. The molecule has 5 heteroatoms. The van der Waals surface area contributed by atoms with Crippen molar-refractivity contribution in [2.75, 3.05) is 5.75 Å². The molecule has 2 rings (SSSR count). The molecule has 1 aromatic carbocycles. The highest BCUT2D eigenvalue weighted by Crippen LogP contribution is 2.08. The normalized spacial score (nSPS) is 20.8. The Labute approximate surface area is 107 Å². The molecule has 1 amide bonds. The summed E-state index contributed by atoms with van der Waals surface area (Å²) in [7, 11) is -3.10. The molecule has 1 aliphatic heterocycles. The molecule has 1 heterocycles. The van der Waals surface area contributed by atoms with Crippen LogP contribution >= 0.6 is 0 Å². The van der Waals surface area contributed by atoms with E-state index in [4.69, 9.17) is 0 Å². The van der Waals surface area contributed by atoms with Crippen LogP contribution in [0.5, 0.6) is 0 Å². The van der Waals surface area contributed by atoms with Crippen molar-refractivity contribution in [3.63, 3.8) is 0 Å². The van der Waals surface area contributed by atoms with Crippen LogP contribution in [0.4, 0.5) is 0 Å². The Morgan fingerprint density at radius 2 is 2.00 bits per heavy atom. The molecule has 0 radical (unpaired) electrons. The van der Waals surface area contributed by atoms with Gasteiger partial charge in [-0.1, -0.05) is 30.3 Å². The van der Waals surface area contributed by atoms with E-state index >= 15 is 0 Å². The lowest BCUT2D eigenvalue weighted by molar-refractivity contribution is -0.121. The summed E-state index contributed by atoms with van der Waals surface area (Å²) in [6.07, 6.45) is 2.56. The fourth-order valence-corrected chi connectivity index (χ4v) is 3.08. The second-order valence-electron chi connectivity index (χ2n) is 4.32. The molecule has 0 aliphatic carbocycles. The molecule has 96 valence electrons. The van der Waals surface area contributed by atoms with Gasteiger partial charge in [0.05, 0.1) is 11.8 Å². The van der Waals surface area contributed by atoms with Gasteiger partial charge in [0, 0.05) is 11.8 Å². The summed E-state index contributed by atoms with van der Waals surface area (Å²) >= 11 is 0. The standard InChI is InChI=1S/C13H15NO3S/c15-13(7-6-11-4-2-1-3-5-11)14-12-8-9-18(16,17)10-12/h1-5,8-9,12H,6-7,10H2,(H,14,15)/t12-/m0/s1. The number of aryl methyl sites for hydroxylation is 1. The third-order valence-corrected chi connectivity index (χ3v) is 4.16. The Morgan fingerprint density at radius 1 is 1.28 bits per heavy atom. The van der Waals surface area contributed by atoms with Crippen LogP contribution < -0.4 is 5.32 Å². The first kappa shape index (κ1) is 12.8. The lowest BCUT2D eigenvalue weighted by atomic mass is 10.1. The van der Waals surface area contributed by atoms with Crippen LogP contribution in [-0.2, 0) is 21.1 Å². The number of sulfone groups is 1. The van der Waals surface area contributed by atoms with E-state index in [0.29, 0.717) is 12.8 Å². The Hall–Kier alpha value is -1.62. The highest BCUT2D eigenvalue weighted by atomic mass is 32.2. The van der Waals surface area contributed by atoms with Crippen LogP contribution in [0.2, 0.25) is 0 Å². The highest BCUT2D eigenvalue weighted by molar-refractivity contribution is 7.94. The highest BCUT2D eigenvalue weighted by Gasteiger charge is 2.22. The van der Waals surface area contributed by atoms with Crippen LogP contribution in [0.3, 0.4) is 0 Å². The van der Waals surface area contributed by atoms with E-state index in [0.717, 1.165) is 11.0 Å². The van der Waals surface area contributed by atoms with Gasteiger partial charge >= 0.3 is 0 Å². The molecule has 0 saturated carbocycles. The molecule has 0 unspecified atom stereocenters. The quantitative estimate of drug-likeness (QED) is 0.885. The molecule has 0 spiro atoms. The average Bonchev–Trinajstić information content (AvgIpc) is 2.67. The molecule has 0 aromatic heterocycles. The van der Waals surface area contributed by atoms with Crippen LogP contribution in [0.25, 0.3) is 0 Å². The van der Waals surface area contributed by atoms with Gasteiger partial charge in [-0.25, -0.2) is 8.42 Å². The van der Waals surface area contributed by atoms with Crippen LogP contribution in [0.1, 0.15) is 12.0 Å². The van der Waals surface area contributed by atoms with Crippen molar-refractivity contribution in [1.29, 1.82) is 0 Å². The largest absolute Gasteiger partial charge is 0.349 e. The van der Waals surface area contributed by atoms with E-state index in [1.54, 1.807) is 0 Å². The van der Waals surface area contributed by atoms with Crippen molar-refractivity contribution in [1.82, 2.24) is 5.32 Å². The second-order valence-corrected chi connectivity index (χ2v) is 6.25. The molecule has 1 N–H and O–H groups in total. The smallest absolute Gasteiger partial charge is 0.220 e. The molecular weight excluding hydrogens is 250 g/mol. The summed E-state index contributed by atoms with van der Waals surface area (Å²) in [5.41, 5.74) is 1.10. The molecular formula is C13H15NO3S. The van der Waals surface area contributed by atoms with Gasteiger partial charge in [-0.15, -0.1) is 0 Å². The van der Waals surface area contributed by atoms with Gasteiger partial charge < -0.3 is 5.32 Å². The summed E-state index contributed by atoms with van der Waals surface area (Å²) in [5, 5.41) is 3.86. The van der Waals surface area contributed by atoms with Gasteiger partial charge in [0.25, 0.3) is 0 Å². The van der Waals surface area contributed by atoms with Crippen molar-refractivity contribution >= 4 is 15.7 Å². The number of carbonyl (C=O) groups excluding carboxylic acids is 1. The van der Waals surface area contributed by atoms with Gasteiger partial charge in [0.2, 0.25) is 5.91 Å². The molecule has 1 aromatic rings. The predicted molar refractivity (Wildman–Crippen MR) is 69.6 cm³/mol. The van der Waals surface area contributed by atoms with Crippen LogP contribution in [-0.4, -0.2) is 26.1 Å². The summed E-state index contributed by atoms with van der Waals surface area (Å²) in [4.78, 5) is 11.6. The third-order valence-electron chi connectivity index (χ3n) is 2.76. The maximum Gasteiger partial charge on any atom is 0.220 e. The predicted octanol–water partition coefficient (Wildman–Crippen LogP) is 1.05. The Bertz CT molecular complexity index is 549. The molecule has 18 heavy (non-hydrogen) atoms. The minimum atomic E-state index is -3.10. The first-order valence-corrected chi connectivity index (χ1v) is 7.51. The SMILES string of the molecule is O=C(CCc1ccccc1)N[C@H]1C=CS(=O)(=O)C1. The Balaban J connectivity index is 1.79. The second kappa shape index (κ2) is 5.35. The van der Waals surface area contributed by atoms with E-state index in [1.165, 1.54) is 6.08 Å². The van der Waals surface area contributed by atoms with Gasteiger partial charge in [-0.3, -0.25) is 4.79 Å². The van der Waals surface area contributed by atoms with E-state index in [2.05, 4.69) is 5.32 Å². The van der Waals surface area contributed by atoms with Crippen molar-refractivity contribution in [3.8, 4) is 0 Å². The number of nitrogens with one attached hydrogen (secondary N) is 1. The van der Waals surface area contributed by atoms with Gasteiger partial charge in [-0.2, -0.15) is 0 Å². The summed E-state index contributed by atoms with van der Waals surface area (Å²) in [6.45, 7) is 0. The van der Waals surface area contributed by atoms with Gasteiger partial charge in [0.15, 0.2) is 9.84 Å². The van der Waals surface area contributed by atoms with E-state index in [9.17, 15) is 13.2 Å². The Morgan fingerprint density at radius 3 is 2.61 bits per heavy atom. The average molecular weight is 265 g/mol. The number of carbonyl (C=O) groups is 1. The first-order chi connectivity index (χ1) is 8.55. The van der Waals surface area contributed by atoms with E-state index in [-0.39, 0.29) is 17.7 Å². The maximum absolute atomic E-state index is 11.6. The summed E-state index contributed by atoms with van der Waals surface area (Å²) in [6, 6.07) is 9.34. The van der Waals surface area contributed by atoms with Crippen molar-refractivity contribution in [3.05, 3.63) is 47.4 Å². The zero-order chi connectivity index (χ0) is 13.0. The van der Waals surface area contributed by atoms with Gasteiger partial charge in [-0.05, 0) is 18.1 Å². The molecule has 1 aliphatic rings. The number of hydrogen-bond acceptors (Lipinski definition) is 3. The topological polar surface area (TPSA) is 63.2 Å². The lowest BCUT2D eigenvalue weighted by Crippen LogP contribution is -2.35. The zero-order valence-corrected chi connectivity index (χ0v) is 10.7. The fraction of sp³-hybridized carbons (Fsp3) is 0.308. The van der Waals surface area contributed by atoms with Crippen LogP contribution in [0.15, 0.2) is 41.8 Å². The molecule has 0 bridgehead atoms. The third kappa shape index (κ3) is 3.70. The molecule has 0 saturated heterocycles. The van der Waals surface area contributed by atoms with Gasteiger partial charge in [0.1, 0.15) is 0 Å². The molecule has 1 atom stereocenters. The number of rotatable bonds is 4. The fourth-order valence-electron chi connectivity index (χ4n) is 1.85. The van der Waals surface area contributed by atoms with Crippen LogP contribution in [0, 0.1) is 0 Å². The van der Waals surface area contributed by atoms with Crippen molar-refractivity contribution < 1.29 is 13.2 Å². The lowest BCUT2D eigenvalue weighted by Gasteiger charge is -2.09. The summed E-state index contributed by atoms with van der Waals surface area (Å²) in [5.74, 6) is -0.144. The number of benzene rings is 1. The maximum atomic E-state index is 11.6. The minimum absolute atomic E-state index is 0.0237. The zero-order valence-electron chi connectivity index (χ0n) is 9.87. The van der Waals surface area contributed by atoms with Crippen molar-refractivity contribution in [2.45, 2.75) is 18.9 Å². The van der Waals surface area contributed by atoms with E-state index < -0.39 is 9.84 Å². The number of amides is 1. The summed E-state index contributed by atoms with van der Waals surface area (Å²) < 4.78 is 22.3. The van der Waals surface area contributed by atoms with Crippen molar-refractivity contribution in [2.24, 2.45) is 0 Å².